The minimum atomic E-state index is -2.32. The molecule has 0 spiro atoms. The van der Waals surface area contributed by atoms with Crippen LogP contribution in [0.5, 0.6) is 0 Å². The van der Waals surface area contributed by atoms with Gasteiger partial charge in [-0.15, -0.1) is 0 Å². The summed E-state index contributed by atoms with van der Waals surface area (Å²) in [5.41, 5.74) is -0.146. The second-order valence-corrected chi connectivity index (χ2v) is 23.6. The molecule has 0 amide bonds. The van der Waals surface area contributed by atoms with Gasteiger partial charge in [-0.25, -0.2) is 0 Å². The zero-order valence-electron chi connectivity index (χ0n) is 25.7. The maximum absolute atomic E-state index is 13.7. The molecule has 1 heterocycles. The van der Waals surface area contributed by atoms with Crippen molar-refractivity contribution in [3.05, 3.63) is 11.6 Å². The fourth-order valence-electron chi connectivity index (χ4n) is 4.18. The number of hydrogen-bond acceptors (Lipinski definition) is 7. The lowest BCUT2D eigenvalue weighted by Crippen LogP contribution is -2.66. The number of carbonyl (C=O) groups excluding carboxylic acids is 2. The largest absolute Gasteiger partial charge is 0.456 e. The Morgan fingerprint density at radius 1 is 0.973 bits per heavy atom. The summed E-state index contributed by atoms with van der Waals surface area (Å²) >= 11 is 0. The van der Waals surface area contributed by atoms with Gasteiger partial charge in [-0.05, 0) is 69.5 Å². The van der Waals surface area contributed by atoms with Gasteiger partial charge in [-0.2, -0.15) is 0 Å². The zero-order valence-corrected chi connectivity index (χ0v) is 27.7. The van der Waals surface area contributed by atoms with Crippen LogP contribution in [0, 0.1) is 5.41 Å². The first-order valence-electron chi connectivity index (χ1n) is 13.5. The van der Waals surface area contributed by atoms with E-state index in [-0.39, 0.29) is 21.8 Å². The Morgan fingerprint density at radius 2 is 1.46 bits per heavy atom. The van der Waals surface area contributed by atoms with Crippen LogP contribution in [0.25, 0.3) is 0 Å². The third kappa shape index (κ3) is 6.84. The molecule has 0 saturated carbocycles. The Morgan fingerprint density at radius 3 is 1.89 bits per heavy atom. The number of carbonyl (C=O) groups is 2. The molecular formula is C28H52O7Si2. The van der Waals surface area contributed by atoms with Gasteiger partial charge in [0.1, 0.15) is 12.2 Å². The number of ketones is 1. The summed E-state index contributed by atoms with van der Waals surface area (Å²) in [5.74, 6) is -0.318. The average Bonchev–Trinajstić information content (AvgIpc) is 2.73. The molecule has 0 aromatic heterocycles. The summed E-state index contributed by atoms with van der Waals surface area (Å²) in [6.45, 7) is 27.5. The quantitative estimate of drug-likeness (QED) is 0.266. The van der Waals surface area contributed by atoms with Crippen LogP contribution >= 0.6 is 0 Å². The van der Waals surface area contributed by atoms with Gasteiger partial charge in [0.2, 0.25) is 0 Å². The lowest BCUT2D eigenvalue weighted by Gasteiger charge is -2.52. The molecule has 0 aromatic carbocycles. The van der Waals surface area contributed by atoms with E-state index in [0.717, 1.165) is 5.57 Å². The van der Waals surface area contributed by atoms with Crippen LogP contribution in [0.15, 0.2) is 11.6 Å². The molecule has 0 bridgehead atoms. The molecule has 0 N–H and O–H groups in total. The summed E-state index contributed by atoms with van der Waals surface area (Å²) in [6.07, 6.45) is -0.624. The van der Waals surface area contributed by atoms with Crippen molar-refractivity contribution in [3.8, 4) is 0 Å². The van der Waals surface area contributed by atoms with Gasteiger partial charge in [-0.3, -0.25) is 9.59 Å². The third-order valence-corrected chi connectivity index (χ3v) is 18.2. The molecule has 9 heteroatoms. The van der Waals surface area contributed by atoms with Crippen molar-refractivity contribution >= 4 is 28.4 Å². The maximum atomic E-state index is 13.7. The van der Waals surface area contributed by atoms with Crippen LogP contribution in [-0.2, 0) is 32.7 Å². The van der Waals surface area contributed by atoms with E-state index in [9.17, 15) is 9.59 Å². The van der Waals surface area contributed by atoms with Crippen molar-refractivity contribution in [1.29, 1.82) is 0 Å². The number of ether oxygens (including phenoxy) is 3. The molecular weight excluding hydrogens is 504 g/mol. The molecule has 37 heavy (non-hydrogen) atoms. The third-order valence-electron chi connectivity index (χ3n) is 9.25. The predicted molar refractivity (Wildman–Crippen MR) is 151 cm³/mol. The Labute approximate surface area is 227 Å². The molecule has 7 nitrogen and oxygen atoms in total. The van der Waals surface area contributed by atoms with Crippen LogP contribution in [0.1, 0.15) is 75.2 Å². The van der Waals surface area contributed by atoms with Crippen LogP contribution in [-0.4, -0.2) is 66.2 Å². The lowest BCUT2D eigenvalue weighted by atomic mass is 9.74. The molecule has 2 rings (SSSR count). The Hall–Kier alpha value is -0.846. The summed E-state index contributed by atoms with van der Waals surface area (Å²) in [5, 5.41) is -0.117. The highest BCUT2D eigenvalue weighted by molar-refractivity contribution is 6.74. The van der Waals surface area contributed by atoms with Gasteiger partial charge in [0.25, 0.3) is 0 Å². The smallest absolute Gasteiger partial charge is 0.316 e. The van der Waals surface area contributed by atoms with E-state index < -0.39 is 52.8 Å². The summed E-state index contributed by atoms with van der Waals surface area (Å²) in [6, 6.07) is 0. The Kier molecular flexibility index (Phi) is 9.59. The summed E-state index contributed by atoms with van der Waals surface area (Å²) in [4.78, 5) is 25.7. The summed E-state index contributed by atoms with van der Waals surface area (Å²) in [7, 11) is -2.99. The van der Waals surface area contributed by atoms with E-state index in [0.29, 0.717) is 12.8 Å². The van der Waals surface area contributed by atoms with Gasteiger partial charge in [0, 0.05) is 13.5 Å². The van der Waals surface area contributed by atoms with Crippen LogP contribution < -0.4 is 0 Å². The number of esters is 1. The minimum Gasteiger partial charge on any atom is -0.456 e. The fourth-order valence-corrected chi connectivity index (χ4v) is 6.76. The molecule has 0 aromatic rings. The maximum Gasteiger partial charge on any atom is 0.316 e. The highest BCUT2D eigenvalue weighted by Crippen LogP contribution is 2.45. The van der Waals surface area contributed by atoms with E-state index in [2.05, 4.69) is 67.7 Å². The van der Waals surface area contributed by atoms with Gasteiger partial charge in [0.15, 0.2) is 34.8 Å². The van der Waals surface area contributed by atoms with E-state index in [1.807, 2.05) is 20.8 Å². The Balaban J connectivity index is 2.55. The first-order chi connectivity index (χ1) is 16.6. The number of rotatable bonds is 7. The molecule has 6 atom stereocenters. The first kappa shape index (κ1) is 32.4. The number of allylic oxidation sites excluding steroid dienone is 1. The van der Waals surface area contributed by atoms with Gasteiger partial charge in [-0.1, -0.05) is 47.1 Å². The molecule has 2 aliphatic rings. The van der Waals surface area contributed by atoms with Crippen LogP contribution in [0.4, 0.5) is 0 Å². The highest BCUT2D eigenvalue weighted by Gasteiger charge is 2.55. The minimum absolute atomic E-state index is 0.0436. The fraction of sp³-hybridized carbons (Fsp3) is 0.857. The monoisotopic (exact) mass is 556 g/mol. The summed E-state index contributed by atoms with van der Waals surface area (Å²) < 4.78 is 32.3. The second-order valence-electron chi connectivity index (χ2n) is 14.1. The van der Waals surface area contributed by atoms with Gasteiger partial charge < -0.3 is 23.1 Å². The normalized spacial score (nSPS) is 32.2. The SMILES string of the molecule is CO[C@H]1O[C@H](C)[C@@H](OC(=O)[C@]2(C)CCC(=O)C=C2C)[C@H](O[Si](C)(C)C(C)(C)C)[C@H]1O[Si](C)(C)C(C)(C)C. The Bertz CT molecular complexity index is 884. The zero-order chi connectivity index (χ0) is 28.8. The first-order valence-corrected chi connectivity index (χ1v) is 19.4. The molecule has 1 aliphatic carbocycles. The molecule has 1 aliphatic heterocycles. The average molecular weight is 557 g/mol. The van der Waals surface area contributed by atoms with E-state index in [4.69, 9.17) is 23.1 Å². The topological polar surface area (TPSA) is 80.3 Å². The molecule has 0 unspecified atom stereocenters. The van der Waals surface area contributed by atoms with Crippen molar-refractivity contribution in [2.75, 3.05) is 7.11 Å². The standard InChI is InChI=1S/C28H52O7Si2/c1-18-17-20(29)15-16-28(18,9)25(30)33-21-19(2)32-24(31-10)23(35-37(13,14)27(6,7)8)22(21)34-36(11,12)26(3,4)5/h17,19,21-24H,15-16H2,1-14H3/t19-,21-,22+,23-,24+,28-/m1/s1. The number of hydrogen-bond donors (Lipinski definition) is 0. The predicted octanol–water partition coefficient (Wildman–Crippen LogP) is 6.39. The molecule has 214 valence electrons. The molecule has 1 fully saturated rings. The second kappa shape index (κ2) is 11.0. The van der Waals surface area contributed by atoms with Gasteiger partial charge >= 0.3 is 5.97 Å². The molecule has 0 radical (unpaired) electrons. The van der Waals surface area contributed by atoms with Crippen LogP contribution in [0.2, 0.25) is 36.3 Å². The van der Waals surface area contributed by atoms with Crippen molar-refractivity contribution in [1.82, 2.24) is 0 Å². The van der Waals surface area contributed by atoms with Gasteiger partial charge in [0.05, 0.1) is 11.5 Å². The van der Waals surface area contributed by atoms with Crippen molar-refractivity contribution < 1.29 is 32.7 Å². The van der Waals surface area contributed by atoms with E-state index in [1.165, 1.54) is 0 Å². The highest BCUT2D eigenvalue weighted by atomic mass is 28.4. The lowest BCUT2D eigenvalue weighted by molar-refractivity contribution is -0.284. The van der Waals surface area contributed by atoms with Crippen molar-refractivity contribution in [2.24, 2.45) is 5.41 Å². The van der Waals surface area contributed by atoms with E-state index >= 15 is 0 Å². The van der Waals surface area contributed by atoms with E-state index in [1.54, 1.807) is 13.2 Å². The van der Waals surface area contributed by atoms with Crippen LogP contribution in [0.3, 0.4) is 0 Å². The van der Waals surface area contributed by atoms with Crippen molar-refractivity contribution in [3.63, 3.8) is 0 Å². The molecule has 1 saturated heterocycles. The van der Waals surface area contributed by atoms with Crippen molar-refractivity contribution in [2.45, 2.75) is 142 Å². The number of methoxy groups -OCH3 is 1.